The SMILES string of the molecule is CC(C)(C)C1CCC(c2nc(C3(N)CCCC3)no2)CC1. The first kappa shape index (κ1) is 15.0. The van der Waals surface area contributed by atoms with Crippen molar-refractivity contribution in [3.05, 3.63) is 11.7 Å². The Labute approximate surface area is 127 Å². The van der Waals surface area contributed by atoms with E-state index in [4.69, 9.17) is 10.3 Å². The zero-order chi connectivity index (χ0) is 15.1. The van der Waals surface area contributed by atoms with Crippen LogP contribution in [0.4, 0.5) is 0 Å². The van der Waals surface area contributed by atoms with Gasteiger partial charge in [0.2, 0.25) is 5.89 Å². The monoisotopic (exact) mass is 291 g/mol. The fraction of sp³-hybridized carbons (Fsp3) is 0.882. The van der Waals surface area contributed by atoms with E-state index in [1.54, 1.807) is 0 Å². The van der Waals surface area contributed by atoms with Crippen molar-refractivity contribution < 1.29 is 4.52 Å². The molecule has 1 heterocycles. The molecular formula is C17H29N3O. The van der Waals surface area contributed by atoms with Crippen molar-refractivity contribution >= 4 is 0 Å². The lowest BCUT2D eigenvalue weighted by molar-refractivity contribution is 0.159. The van der Waals surface area contributed by atoms with Gasteiger partial charge in [-0.05, 0) is 49.9 Å². The molecule has 0 aliphatic heterocycles. The van der Waals surface area contributed by atoms with Gasteiger partial charge < -0.3 is 10.3 Å². The third-order valence-corrected chi connectivity index (χ3v) is 5.68. The van der Waals surface area contributed by atoms with Gasteiger partial charge in [0, 0.05) is 5.92 Å². The fourth-order valence-corrected chi connectivity index (χ4v) is 4.04. The van der Waals surface area contributed by atoms with Gasteiger partial charge in [0.05, 0.1) is 5.54 Å². The largest absolute Gasteiger partial charge is 0.339 e. The fourth-order valence-electron chi connectivity index (χ4n) is 4.04. The second kappa shape index (κ2) is 5.38. The average Bonchev–Trinajstić information content (AvgIpc) is 3.07. The Morgan fingerprint density at radius 3 is 2.29 bits per heavy atom. The minimum Gasteiger partial charge on any atom is -0.339 e. The highest BCUT2D eigenvalue weighted by Crippen LogP contribution is 2.43. The van der Waals surface area contributed by atoms with Crippen molar-refractivity contribution in [3.8, 4) is 0 Å². The van der Waals surface area contributed by atoms with Crippen molar-refractivity contribution in [2.75, 3.05) is 0 Å². The van der Waals surface area contributed by atoms with E-state index >= 15 is 0 Å². The minimum atomic E-state index is -0.329. The predicted molar refractivity (Wildman–Crippen MR) is 82.8 cm³/mol. The third kappa shape index (κ3) is 3.01. The first-order chi connectivity index (χ1) is 9.88. The van der Waals surface area contributed by atoms with E-state index in [0.717, 1.165) is 30.5 Å². The molecule has 2 fully saturated rings. The second-order valence-electron chi connectivity index (χ2n) is 8.23. The molecule has 0 unspecified atom stereocenters. The minimum absolute atomic E-state index is 0.329. The molecule has 2 N–H and O–H groups in total. The Bertz CT molecular complexity index is 474. The van der Waals surface area contributed by atoms with Crippen molar-refractivity contribution in [1.82, 2.24) is 10.1 Å². The summed E-state index contributed by atoms with van der Waals surface area (Å²) in [5.74, 6) is 2.82. The highest BCUT2D eigenvalue weighted by molar-refractivity contribution is 5.08. The maximum atomic E-state index is 6.42. The van der Waals surface area contributed by atoms with E-state index in [2.05, 4.69) is 30.9 Å². The summed E-state index contributed by atoms with van der Waals surface area (Å²) in [5, 5.41) is 4.20. The first-order valence-corrected chi connectivity index (χ1v) is 8.51. The van der Waals surface area contributed by atoms with Crippen molar-refractivity contribution in [3.63, 3.8) is 0 Å². The molecule has 0 saturated heterocycles. The van der Waals surface area contributed by atoms with E-state index in [-0.39, 0.29) is 5.54 Å². The molecule has 0 amide bonds. The number of aromatic nitrogens is 2. The third-order valence-electron chi connectivity index (χ3n) is 5.68. The summed E-state index contributed by atoms with van der Waals surface area (Å²) in [5.41, 5.74) is 6.50. The molecule has 2 saturated carbocycles. The van der Waals surface area contributed by atoms with Crippen LogP contribution in [0.15, 0.2) is 4.52 Å². The Kier molecular flexibility index (Phi) is 3.85. The van der Waals surface area contributed by atoms with Crippen molar-refractivity contribution in [2.24, 2.45) is 17.1 Å². The Hall–Kier alpha value is -0.900. The molecule has 0 radical (unpaired) electrons. The molecule has 2 aliphatic carbocycles. The van der Waals surface area contributed by atoms with Crippen LogP contribution in [-0.4, -0.2) is 10.1 Å². The predicted octanol–water partition coefficient (Wildman–Crippen LogP) is 4.12. The summed E-state index contributed by atoms with van der Waals surface area (Å²) >= 11 is 0. The Morgan fingerprint density at radius 2 is 1.71 bits per heavy atom. The van der Waals surface area contributed by atoms with Crippen molar-refractivity contribution in [1.29, 1.82) is 0 Å². The van der Waals surface area contributed by atoms with Gasteiger partial charge in [0.15, 0.2) is 5.82 Å². The zero-order valence-electron chi connectivity index (χ0n) is 13.7. The number of hydrogen-bond acceptors (Lipinski definition) is 4. The molecule has 0 bridgehead atoms. The molecule has 0 atom stereocenters. The maximum absolute atomic E-state index is 6.42. The molecule has 4 nitrogen and oxygen atoms in total. The summed E-state index contributed by atoms with van der Waals surface area (Å²) in [6, 6.07) is 0. The first-order valence-electron chi connectivity index (χ1n) is 8.51. The van der Waals surface area contributed by atoms with Crippen LogP contribution in [0.2, 0.25) is 0 Å². The van der Waals surface area contributed by atoms with Crippen LogP contribution in [0.25, 0.3) is 0 Å². The summed E-state index contributed by atoms with van der Waals surface area (Å²) in [4.78, 5) is 4.67. The number of rotatable bonds is 2. The van der Waals surface area contributed by atoms with Crippen LogP contribution in [0, 0.1) is 11.3 Å². The van der Waals surface area contributed by atoms with Crippen molar-refractivity contribution in [2.45, 2.75) is 83.6 Å². The van der Waals surface area contributed by atoms with E-state index in [1.165, 1.54) is 38.5 Å². The molecule has 0 spiro atoms. The molecule has 21 heavy (non-hydrogen) atoms. The highest BCUT2D eigenvalue weighted by atomic mass is 16.5. The van der Waals surface area contributed by atoms with Gasteiger partial charge in [0.25, 0.3) is 0 Å². The molecule has 3 rings (SSSR count). The van der Waals surface area contributed by atoms with Gasteiger partial charge in [-0.1, -0.05) is 38.8 Å². The zero-order valence-corrected chi connectivity index (χ0v) is 13.7. The van der Waals surface area contributed by atoms with Gasteiger partial charge in [-0.15, -0.1) is 0 Å². The molecule has 1 aromatic heterocycles. The van der Waals surface area contributed by atoms with Gasteiger partial charge in [-0.3, -0.25) is 0 Å². The molecule has 1 aromatic rings. The van der Waals surface area contributed by atoms with Gasteiger partial charge in [-0.2, -0.15) is 4.98 Å². The van der Waals surface area contributed by atoms with E-state index in [9.17, 15) is 0 Å². The topological polar surface area (TPSA) is 64.9 Å². The average molecular weight is 291 g/mol. The molecule has 0 aromatic carbocycles. The molecule has 2 aliphatic rings. The number of nitrogens with zero attached hydrogens (tertiary/aromatic N) is 2. The van der Waals surface area contributed by atoms with Crippen LogP contribution in [0.3, 0.4) is 0 Å². The lowest BCUT2D eigenvalue weighted by Gasteiger charge is -2.35. The van der Waals surface area contributed by atoms with Gasteiger partial charge in [0.1, 0.15) is 0 Å². The van der Waals surface area contributed by atoms with Gasteiger partial charge in [-0.25, -0.2) is 0 Å². The van der Waals surface area contributed by atoms with Crippen LogP contribution in [0.5, 0.6) is 0 Å². The smallest absolute Gasteiger partial charge is 0.229 e. The summed E-state index contributed by atoms with van der Waals surface area (Å²) in [6.45, 7) is 7.04. The standard InChI is InChI=1S/C17H29N3O/c1-16(2,3)13-8-6-12(7-9-13)14-19-15(20-21-14)17(18)10-4-5-11-17/h12-13H,4-11,18H2,1-3H3. The second-order valence-corrected chi connectivity index (χ2v) is 8.23. The molecule has 118 valence electrons. The number of hydrogen-bond donors (Lipinski definition) is 1. The van der Waals surface area contributed by atoms with E-state index in [1.807, 2.05) is 0 Å². The van der Waals surface area contributed by atoms with Crippen LogP contribution in [-0.2, 0) is 5.54 Å². The normalized spacial score (nSPS) is 29.7. The Morgan fingerprint density at radius 1 is 1.10 bits per heavy atom. The van der Waals surface area contributed by atoms with Crippen LogP contribution < -0.4 is 5.73 Å². The quantitative estimate of drug-likeness (QED) is 0.890. The van der Waals surface area contributed by atoms with E-state index in [0.29, 0.717) is 11.3 Å². The lowest BCUT2D eigenvalue weighted by atomic mass is 9.70. The highest BCUT2D eigenvalue weighted by Gasteiger charge is 2.38. The van der Waals surface area contributed by atoms with Crippen LogP contribution >= 0.6 is 0 Å². The summed E-state index contributed by atoms with van der Waals surface area (Å²) in [7, 11) is 0. The number of nitrogens with two attached hydrogens (primary N) is 1. The van der Waals surface area contributed by atoms with Gasteiger partial charge >= 0.3 is 0 Å². The molecule has 4 heteroatoms. The summed E-state index contributed by atoms with van der Waals surface area (Å²) < 4.78 is 5.56. The maximum Gasteiger partial charge on any atom is 0.229 e. The lowest BCUT2D eigenvalue weighted by Crippen LogP contribution is -2.34. The Balaban J connectivity index is 1.65. The van der Waals surface area contributed by atoms with E-state index < -0.39 is 0 Å². The molecular weight excluding hydrogens is 262 g/mol. The summed E-state index contributed by atoms with van der Waals surface area (Å²) in [6.07, 6.45) is 9.20. The van der Waals surface area contributed by atoms with Crippen LogP contribution in [0.1, 0.15) is 89.8 Å².